The van der Waals surface area contributed by atoms with Crippen LogP contribution >= 0.6 is 0 Å². The Kier molecular flexibility index (Phi) is 5.49. The van der Waals surface area contributed by atoms with E-state index in [1.807, 2.05) is 0 Å². The number of aliphatic hydroxyl groups excluding tert-OH is 1. The van der Waals surface area contributed by atoms with E-state index >= 15 is 0 Å². The van der Waals surface area contributed by atoms with Crippen molar-refractivity contribution >= 4 is 0 Å². The first-order valence-electron chi connectivity index (χ1n) is 8.54. The third-order valence-electron chi connectivity index (χ3n) is 5.48. The molecule has 0 heterocycles. The summed E-state index contributed by atoms with van der Waals surface area (Å²) >= 11 is 0. The quantitative estimate of drug-likeness (QED) is 0.754. The summed E-state index contributed by atoms with van der Waals surface area (Å²) in [6, 6.07) is 1.92. The van der Waals surface area contributed by atoms with E-state index < -0.39 is 0 Å². The van der Waals surface area contributed by atoms with Crippen molar-refractivity contribution in [2.75, 3.05) is 13.7 Å². The van der Waals surface area contributed by atoms with Crippen molar-refractivity contribution in [1.29, 1.82) is 0 Å². The molecule has 20 heavy (non-hydrogen) atoms. The summed E-state index contributed by atoms with van der Waals surface area (Å²) in [6.07, 6.45) is 9.02. The molecule has 2 rings (SSSR count). The van der Waals surface area contributed by atoms with Gasteiger partial charge >= 0.3 is 0 Å². The first kappa shape index (κ1) is 16.3. The lowest BCUT2D eigenvalue weighted by atomic mass is 9.85. The van der Waals surface area contributed by atoms with E-state index in [-0.39, 0.29) is 12.1 Å². The minimum Gasteiger partial charge on any atom is -0.394 e. The van der Waals surface area contributed by atoms with Crippen molar-refractivity contribution in [3.05, 3.63) is 0 Å². The SMILES string of the molecule is CC1CCC(N(C)C(C)CC(C)(CO)NC2CC2)CC1. The Morgan fingerprint density at radius 1 is 1.20 bits per heavy atom. The van der Waals surface area contributed by atoms with Gasteiger partial charge in [0.1, 0.15) is 0 Å². The molecule has 2 fully saturated rings. The molecule has 0 radical (unpaired) electrons. The second-order valence-corrected chi connectivity index (χ2v) is 7.77. The maximum absolute atomic E-state index is 9.76. The van der Waals surface area contributed by atoms with Crippen LogP contribution < -0.4 is 5.32 Å². The number of hydrogen-bond donors (Lipinski definition) is 2. The van der Waals surface area contributed by atoms with E-state index in [4.69, 9.17) is 0 Å². The zero-order valence-corrected chi connectivity index (χ0v) is 13.9. The topological polar surface area (TPSA) is 35.5 Å². The summed E-state index contributed by atoms with van der Waals surface area (Å²) < 4.78 is 0. The van der Waals surface area contributed by atoms with Crippen LogP contribution in [0.3, 0.4) is 0 Å². The van der Waals surface area contributed by atoms with Crippen molar-refractivity contribution in [3.63, 3.8) is 0 Å². The van der Waals surface area contributed by atoms with Crippen LogP contribution in [0.25, 0.3) is 0 Å². The fourth-order valence-corrected chi connectivity index (χ4v) is 3.70. The fourth-order valence-electron chi connectivity index (χ4n) is 3.70. The Morgan fingerprint density at radius 3 is 2.30 bits per heavy atom. The van der Waals surface area contributed by atoms with E-state index in [1.165, 1.54) is 38.5 Å². The van der Waals surface area contributed by atoms with E-state index in [2.05, 4.69) is 38.0 Å². The molecule has 2 unspecified atom stereocenters. The predicted molar refractivity (Wildman–Crippen MR) is 84.9 cm³/mol. The molecule has 3 nitrogen and oxygen atoms in total. The van der Waals surface area contributed by atoms with Crippen LogP contribution in [0.4, 0.5) is 0 Å². The molecule has 2 aliphatic rings. The van der Waals surface area contributed by atoms with Crippen molar-refractivity contribution in [3.8, 4) is 0 Å². The smallest absolute Gasteiger partial charge is 0.0611 e. The van der Waals surface area contributed by atoms with Gasteiger partial charge in [-0.15, -0.1) is 0 Å². The minimum absolute atomic E-state index is 0.114. The largest absolute Gasteiger partial charge is 0.394 e. The molecule has 0 aromatic heterocycles. The third-order valence-corrected chi connectivity index (χ3v) is 5.48. The molecule has 2 aliphatic carbocycles. The Bertz CT molecular complexity index is 297. The third kappa shape index (κ3) is 4.44. The highest BCUT2D eigenvalue weighted by Gasteiger charge is 2.35. The zero-order valence-electron chi connectivity index (χ0n) is 13.9. The van der Waals surface area contributed by atoms with E-state index in [1.54, 1.807) is 0 Å². The molecule has 0 amide bonds. The lowest BCUT2D eigenvalue weighted by Crippen LogP contribution is -2.52. The summed E-state index contributed by atoms with van der Waals surface area (Å²) in [5.74, 6) is 0.911. The second-order valence-electron chi connectivity index (χ2n) is 7.77. The van der Waals surface area contributed by atoms with Gasteiger partial charge in [-0.2, -0.15) is 0 Å². The van der Waals surface area contributed by atoms with Crippen LogP contribution in [0, 0.1) is 5.92 Å². The van der Waals surface area contributed by atoms with Gasteiger partial charge in [-0.05, 0) is 71.8 Å². The minimum atomic E-state index is -0.114. The lowest BCUT2D eigenvalue weighted by Gasteiger charge is -2.41. The van der Waals surface area contributed by atoms with Gasteiger partial charge in [-0.1, -0.05) is 6.92 Å². The molecule has 3 heteroatoms. The predicted octanol–water partition coefficient (Wildman–Crippen LogP) is 2.78. The molecule has 2 N–H and O–H groups in total. The Hall–Kier alpha value is -0.120. The number of rotatable bonds is 7. The molecule has 0 aliphatic heterocycles. The molecule has 0 spiro atoms. The molecule has 0 aromatic rings. The van der Waals surface area contributed by atoms with Crippen LogP contribution in [0.15, 0.2) is 0 Å². The van der Waals surface area contributed by atoms with Gasteiger partial charge in [-0.3, -0.25) is 0 Å². The molecular formula is C17H34N2O. The summed E-state index contributed by atoms with van der Waals surface area (Å²) in [7, 11) is 2.28. The van der Waals surface area contributed by atoms with E-state index in [9.17, 15) is 5.11 Å². The molecule has 0 aromatic carbocycles. The maximum atomic E-state index is 9.76. The Morgan fingerprint density at radius 2 is 1.80 bits per heavy atom. The van der Waals surface area contributed by atoms with E-state index in [0.717, 1.165) is 18.4 Å². The van der Waals surface area contributed by atoms with Gasteiger partial charge in [0.05, 0.1) is 6.61 Å². The molecular weight excluding hydrogens is 248 g/mol. The normalized spacial score (nSPS) is 32.1. The van der Waals surface area contributed by atoms with Gasteiger partial charge in [-0.25, -0.2) is 0 Å². The first-order chi connectivity index (χ1) is 9.43. The average Bonchev–Trinajstić information content (AvgIpc) is 3.22. The number of nitrogens with one attached hydrogen (secondary N) is 1. The van der Waals surface area contributed by atoms with Crippen molar-refractivity contribution in [1.82, 2.24) is 10.2 Å². The van der Waals surface area contributed by atoms with Crippen molar-refractivity contribution in [2.45, 2.75) is 89.4 Å². The highest BCUT2D eigenvalue weighted by Crippen LogP contribution is 2.30. The average molecular weight is 282 g/mol. The fraction of sp³-hybridized carbons (Fsp3) is 1.00. The van der Waals surface area contributed by atoms with Gasteiger partial charge in [0.15, 0.2) is 0 Å². The lowest BCUT2D eigenvalue weighted by molar-refractivity contribution is 0.0852. The molecule has 118 valence electrons. The van der Waals surface area contributed by atoms with Crippen LogP contribution in [0.5, 0.6) is 0 Å². The van der Waals surface area contributed by atoms with Crippen LogP contribution in [-0.2, 0) is 0 Å². The molecule has 2 saturated carbocycles. The summed E-state index contributed by atoms with van der Waals surface area (Å²) in [6.45, 7) is 7.12. The second kappa shape index (κ2) is 6.76. The van der Waals surface area contributed by atoms with Crippen molar-refractivity contribution in [2.24, 2.45) is 5.92 Å². The number of nitrogens with zero attached hydrogens (tertiary/aromatic N) is 1. The van der Waals surface area contributed by atoms with Gasteiger partial charge in [0.2, 0.25) is 0 Å². The summed E-state index contributed by atoms with van der Waals surface area (Å²) in [5.41, 5.74) is -0.114. The first-order valence-corrected chi connectivity index (χ1v) is 8.54. The van der Waals surface area contributed by atoms with Crippen LogP contribution in [-0.4, -0.2) is 47.3 Å². The highest BCUT2D eigenvalue weighted by molar-refractivity contribution is 4.95. The van der Waals surface area contributed by atoms with Gasteiger partial charge in [0, 0.05) is 23.7 Å². The van der Waals surface area contributed by atoms with Gasteiger partial charge in [0.25, 0.3) is 0 Å². The Labute approximate surface area is 125 Å². The monoisotopic (exact) mass is 282 g/mol. The maximum Gasteiger partial charge on any atom is 0.0611 e. The van der Waals surface area contributed by atoms with Crippen LogP contribution in [0.2, 0.25) is 0 Å². The molecule has 0 bridgehead atoms. The number of aliphatic hydroxyl groups is 1. The van der Waals surface area contributed by atoms with Crippen molar-refractivity contribution < 1.29 is 5.11 Å². The summed E-state index contributed by atoms with van der Waals surface area (Å²) in [4.78, 5) is 2.56. The summed E-state index contributed by atoms with van der Waals surface area (Å²) in [5, 5.41) is 13.4. The standard InChI is InChI=1S/C17H34N2O/c1-13-5-9-16(10-6-13)19(4)14(2)11-17(3,12-20)18-15-7-8-15/h13-16,18,20H,5-12H2,1-4H3. The van der Waals surface area contributed by atoms with Gasteiger partial charge < -0.3 is 15.3 Å². The molecule has 2 atom stereocenters. The van der Waals surface area contributed by atoms with E-state index in [0.29, 0.717) is 12.1 Å². The zero-order chi connectivity index (χ0) is 14.8. The molecule has 0 saturated heterocycles. The van der Waals surface area contributed by atoms with Crippen LogP contribution in [0.1, 0.15) is 65.7 Å². The number of hydrogen-bond acceptors (Lipinski definition) is 3. The Balaban J connectivity index is 1.83. The highest BCUT2D eigenvalue weighted by atomic mass is 16.3.